The van der Waals surface area contributed by atoms with Crippen LogP contribution < -0.4 is 15.4 Å². The molecule has 3 atom stereocenters. The molecule has 1 saturated carbocycles. The lowest BCUT2D eigenvalue weighted by Crippen LogP contribution is -2.43. The Hall–Kier alpha value is -2.08. The third-order valence-electron chi connectivity index (χ3n) is 4.48. The average molecular weight is 348 g/mol. The molecule has 1 aliphatic rings. The number of hydrogen-bond donors (Lipinski definition) is 3. The standard InChI is InChI=1S/C19H28N2O4/c1-13-6-3-4-9-17(13)21-18(23)12-25-16-8-5-7-15(10-16)19(24)20-11-14(2)22/h5,7-8,10,13-14,17,22H,3-4,6,9,11-12H2,1-2H3,(H,20,24)(H,21,23)/t13-,14+,17-/m1/s1. The third kappa shape index (κ3) is 6.38. The lowest BCUT2D eigenvalue weighted by atomic mass is 9.86. The molecule has 1 aromatic rings. The Bertz CT molecular complexity index is 589. The molecule has 1 fully saturated rings. The zero-order chi connectivity index (χ0) is 18.2. The van der Waals surface area contributed by atoms with Crippen molar-refractivity contribution in [2.75, 3.05) is 13.2 Å². The summed E-state index contributed by atoms with van der Waals surface area (Å²) in [7, 11) is 0. The van der Waals surface area contributed by atoms with Gasteiger partial charge in [0.15, 0.2) is 6.61 Å². The van der Waals surface area contributed by atoms with Crippen LogP contribution in [-0.4, -0.2) is 42.2 Å². The van der Waals surface area contributed by atoms with Gasteiger partial charge in [0.1, 0.15) is 5.75 Å². The summed E-state index contributed by atoms with van der Waals surface area (Å²) >= 11 is 0. The number of benzene rings is 1. The summed E-state index contributed by atoms with van der Waals surface area (Å²) in [6.45, 7) is 3.89. The van der Waals surface area contributed by atoms with Crippen LogP contribution in [0.4, 0.5) is 0 Å². The molecule has 1 aliphatic carbocycles. The van der Waals surface area contributed by atoms with Crippen LogP contribution in [0.2, 0.25) is 0 Å². The van der Waals surface area contributed by atoms with E-state index in [0.717, 1.165) is 19.3 Å². The van der Waals surface area contributed by atoms with Crippen molar-refractivity contribution in [3.05, 3.63) is 29.8 Å². The van der Waals surface area contributed by atoms with E-state index in [-0.39, 0.29) is 31.0 Å². The van der Waals surface area contributed by atoms with E-state index in [2.05, 4.69) is 17.6 Å². The molecule has 25 heavy (non-hydrogen) atoms. The van der Waals surface area contributed by atoms with E-state index in [9.17, 15) is 14.7 Å². The molecule has 3 N–H and O–H groups in total. The molecule has 1 aromatic carbocycles. The van der Waals surface area contributed by atoms with E-state index in [4.69, 9.17) is 4.74 Å². The second kappa shape index (κ2) is 9.42. The molecule has 0 bridgehead atoms. The molecule has 0 aliphatic heterocycles. The van der Waals surface area contributed by atoms with Crippen molar-refractivity contribution in [1.82, 2.24) is 10.6 Å². The maximum atomic E-state index is 12.1. The molecule has 138 valence electrons. The van der Waals surface area contributed by atoms with E-state index in [1.165, 1.54) is 6.42 Å². The molecular weight excluding hydrogens is 320 g/mol. The maximum Gasteiger partial charge on any atom is 0.258 e. The Morgan fingerprint density at radius 2 is 2.08 bits per heavy atom. The first-order valence-corrected chi connectivity index (χ1v) is 8.94. The molecular formula is C19H28N2O4. The zero-order valence-electron chi connectivity index (χ0n) is 15.0. The molecule has 0 spiro atoms. The third-order valence-corrected chi connectivity index (χ3v) is 4.48. The van der Waals surface area contributed by atoms with Crippen molar-refractivity contribution in [1.29, 1.82) is 0 Å². The van der Waals surface area contributed by atoms with Gasteiger partial charge in [0.25, 0.3) is 11.8 Å². The van der Waals surface area contributed by atoms with Gasteiger partial charge in [-0.15, -0.1) is 0 Å². The Kier molecular flexibility index (Phi) is 7.25. The summed E-state index contributed by atoms with van der Waals surface area (Å²) in [5.41, 5.74) is 0.430. The summed E-state index contributed by atoms with van der Waals surface area (Å²) in [6, 6.07) is 6.89. The smallest absolute Gasteiger partial charge is 0.258 e. The van der Waals surface area contributed by atoms with Crippen molar-refractivity contribution in [2.24, 2.45) is 5.92 Å². The molecule has 2 amide bonds. The largest absolute Gasteiger partial charge is 0.484 e. The number of nitrogens with one attached hydrogen (secondary N) is 2. The molecule has 0 saturated heterocycles. The van der Waals surface area contributed by atoms with Crippen LogP contribution >= 0.6 is 0 Å². The number of ether oxygens (including phenoxy) is 1. The van der Waals surface area contributed by atoms with Crippen LogP contribution in [0.25, 0.3) is 0 Å². The van der Waals surface area contributed by atoms with Gasteiger partial charge in [0, 0.05) is 18.2 Å². The lowest BCUT2D eigenvalue weighted by Gasteiger charge is -2.29. The molecule has 6 heteroatoms. The van der Waals surface area contributed by atoms with Crippen molar-refractivity contribution in [3.63, 3.8) is 0 Å². The topological polar surface area (TPSA) is 87.7 Å². The predicted octanol–water partition coefficient (Wildman–Crippen LogP) is 1.87. The number of rotatable bonds is 7. The quantitative estimate of drug-likeness (QED) is 0.702. The van der Waals surface area contributed by atoms with Crippen molar-refractivity contribution >= 4 is 11.8 Å². The highest BCUT2D eigenvalue weighted by atomic mass is 16.5. The summed E-state index contributed by atoms with van der Waals surface area (Å²) in [5, 5.41) is 14.9. The van der Waals surface area contributed by atoms with Gasteiger partial charge in [-0.3, -0.25) is 9.59 Å². The fraction of sp³-hybridized carbons (Fsp3) is 0.579. The SMILES string of the molecule is C[C@H](O)CNC(=O)c1cccc(OCC(=O)N[C@@H]2CCCC[C@H]2C)c1. The van der Waals surface area contributed by atoms with Crippen molar-refractivity contribution in [2.45, 2.75) is 51.7 Å². The highest BCUT2D eigenvalue weighted by molar-refractivity contribution is 5.94. The number of aliphatic hydroxyl groups excluding tert-OH is 1. The Morgan fingerprint density at radius 3 is 2.80 bits per heavy atom. The van der Waals surface area contributed by atoms with Gasteiger partial charge < -0.3 is 20.5 Å². The van der Waals surface area contributed by atoms with Gasteiger partial charge in [0.2, 0.25) is 0 Å². The van der Waals surface area contributed by atoms with Crippen LogP contribution in [0.5, 0.6) is 5.75 Å². The second-order valence-corrected chi connectivity index (χ2v) is 6.81. The second-order valence-electron chi connectivity index (χ2n) is 6.81. The fourth-order valence-electron chi connectivity index (χ4n) is 3.00. The van der Waals surface area contributed by atoms with E-state index in [0.29, 0.717) is 17.2 Å². The van der Waals surface area contributed by atoms with Gasteiger partial charge >= 0.3 is 0 Å². The first-order valence-electron chi connectivity index (χ1n) is 8.94. The average Bonchev–Trinajstić information content (AvgIpc) is 2.60. The minimum atomic E-state index is -0.603. The van der Waals surface area contributed by atoms with Crippen LogP contribution in [0, 0.1) is 5.92 Å². The zero-order valence-corrected chi connectivity index (χ0v) is 15.0. The van der Waals surface area contributed by atoms with Gasteiger partial charge in [-0.1, -0.05) is 25.8 Å². The first kappa shape index (κ1) is 19.2. The van der Waals surface area contributed by atoms with Gasteiger partial charge in [-0.2, -0.15) is 0 Å². The molecule has 0 unspecified atom stereocenters. The Morgan fingerprint density at radius 1 is 1.32 bits per heavy atom. The van der Waals surface area contributed by atoms with E-state index in [1.807, 2.05) is 0 Å². The molecule has 2 rings (SSSR count). The highest BCUT2D eigenvalue weighted by Crippen LogP contribution is 2.23. The van der Waals surface area contributed by atoms with Crippen LogP contribution in [0.3, 0.4) is 0 Å². The fourth-order valence-corrected chi connectivity index (χ4v) is 3.00. The van der Waals surface area contributed by atoms with Crippen LogP contribution in [0.1, 0.15) is 49.9 Å². The summed E-state index contributed by atoms with van der Waals surface area (Å²) in [6.07, 6.45) is 3.95. The van der Waals surface area contributed by atoms with Crippen LogP contribution in [-0.2, 0) is 4.79 Å². The van der Waals surface area contributed by atoms with E-state index < -0.39 is 6.10 Å². The highest BCUT2D eigenvalue weighted by Gasteiger charge is 2.22. The predicted molar refractivity (Wildman–Crippen MR) is 95.5 cm³/mol. The molecule has 0 heterocycles. The maximum absolute atomic E-state index is 12.1. The number of amides is 2. The Balaban J connectivity index is 1.83. The normalized spacial score (nSPS) is 21.2. The van der Waals surface area contributed by atoms with E-state index >= 15 is 0 Å². The molecule has 0 radical (unpaired) electrons. The summed E-state index contributed by atoms with van der Waals surface area (Å²) < 4.78 is 5.52. The van der Waals surface area contributed by atoms with Crippen LogP contribution in [0.15, 0.2) is 24.3 Å². The van der Waals surface area contributed by atoms with Gasteiger partial charge in [0.05, 0.1) is 6.10 Å². The summed E-state index contributed by atoms with van der Waals surface area (Å²) in [4.78, 5) is 24.1. The Labute approximate surface area is 149 Å². The van der Waals surface area contributed by atoms with E-state index in [1.54, 1.807) is 31.2 Å². The number of carbonyl (C=O) groups excluding carboxylic acids is 2. The number of aliphatic hydroxyl groups is 1. The number of hydrogen-bond acceptors (Lipinski definition) is 4. The lowest BCUT2D eigenvalue weighted by molar-refractivity contribution is -0.124. The van der Waals surface area contributed by atoms with Crippen molar-refractivity contribution in [3.8, 4) is 5.75 Å². The van der Waals surface area contributed by atoms with Gasteiger partial charge in [-0.05, 0) is 43.9 Å². The molecule has 0 aromatic heterocycles. The first-order chi connectivity index (χ1) is 12.0. The summed E-state index contributed by atoms with van der Waals surface area (Å²) in [5.74, 6) is 0.546. The monoisotopic (exact) mass is 348 g/mol. The van der Waals surface area contributed by atoms with Crippen molar-refractivity contribution < 1.29 is 19.4 Å². The minimum absolute atomic E-state index is 0.0675. The number of carbonyl (C=O) groups is 2. The minimum Gasteiger partial charge on any atom is -0.484 e. The molecule has 6 nitrogen and oxygen atoms in total. The van der Waals surface area contributed by atoms with Gasteiger partial charge in [-0.25, -0.2) is 0 Å².